The largest absolute Gasteiger partial charge is 0.480 e. The van der Waals surface area contributed by atoms with E-state index in [1.807, 2.05) is 0 Å². The van der Waals surface area contributed by atoms with Crippen LogP contribution in [-0.2, 0) is 4.79 Å². The highest BCUT2D eigenvalue weighted by atomic mass is 32.2. The molecule has 0 spiro atoms. The third-order valence-electron chi connectivity index (χ3n) is 1.47. The molecule has 13 heavy (non-hydrogen) atoms. The quantitative estimate of drug-likeness (QED) is 0.393. The van der Waals surface area contributed by atoms with Crippen molar-refractivity contribution in [3.05, 3.63) is 0 Å². The van der Waals surface area contributed by atoms with Crippen molar-refractivity contribution in [2.24, 2.45) is 11.5 Å². The van der Waals surface area contributed by atoms with Crippen molar-refractivity contribution in [2.45, 2.75) is 18.6 Å². The maximum absolute atomic E-state index is 10.3. The number of carboxylic acids is 1. The molecule has 6 heteroatoms. The van der Waals surface area contributed by atoms with E-state index in [2.05, 4.69) is 0 Å². The van der Waals surface area contributed by atoms with Gasteiger partial charge in [0.1, 0.15) is 6.04 Å². The summed E-state index contributed by atoms with van der Waals surface area (Å²) in [5.41, 5.74) is 10.4. The van der Waals surface area contributed by atoms with Gasteiger partial charge >= 0.3 is 5.97 Å². The Morgan fingerprint density at radius 1 is 1.54 bits per heavy atom. The Hall–Kier alpha value is -0.300. The lowest BCUT2D eigenvalue weighted by Crippen LogP contribution is -2.30. The first-order chi connectivity index (χ1) is 6.07. The van der Waals surface area contributed by atoms with Gasteiger partial charge in [-0.2, -0.15) is 11.8 Å². The second kappa shape index (κ2) is 7.14. The van der Waals surface area contributed by atoms with Crippen LogP contribution in [0.4, 0.5) is 0 Å². The Balaban J connectivity index is 3.30. The highest BCUT2D eigenvalue weighted by molar-refractivity contribution is 7.99. The van der Waals surface area contributed by atoms with Gasteiger partial charge in [-0.15, -0.1) is 0 Å². The predicted octanol–water partition coefficient (Wildman–Crippen LogP) is -1.16. The van der Waals surface area contributed by atoms with Crippen molar-refractivity contribution < 1.29 is 15.0 Å². The molecule has 6 N–H and O–H groups in total. The zero-order valence-electron chi connectivity index (χ0n) is 7.35. The summed E-state index contributed by atoms with van der Waals surface area (Å²) in [5, 5.41) is 17.5. The lowest BCUT2D eigenvalue weighted by molar-refractivity contribution is -0.138. The van der Waals surface area contributed by atoms with E-state index in [1.54, 1.807) is 0 Å². The highest BCUT2D eigenvalue weighted by Gasteiger charge is 2.10. The highest BCUT2D eigenvalue weighted by Crippen LogP contribution is 2.05. The smallest absolute Gasteiger partial charge is 0.320 e. The Bertz CT molecular complexity index is 157. The van der Waals surface area contributed by atoms with Gasteiger partial charge in [0, 0.05) is 12.3 Å². The van der Waals surface area contributed by atoms with E-state index in [-0.39, 0.29) is 6.54 Å². The number of thioether (sulfide) groups is 1. The van der Waals surface area contributed by atoms with Gasteiger partial charge < -0.3 is 21.7 Å². The van der Waals surface area contributed by atoms with E-state index in [0.717, 1.165) is 0 Å². The van der Waals surface area contributed by atoms with Crippen molar-refractivity contribution in [1.29, 1.82) is 0 Å². The molecule has 2 atom stereocenters. The molecule has 0 aliphatic carbocycles. The number of carboxylic acid groups (broad SMARTS) is 1. The number of hydrogen-bond acceptors (Lipinski definition) is 5. The van der Waals surface area contributed by atoms with E-state index < -0.39 is 18.1 Å². The average Bonchev–Trinajstić information content (AvgIpc) is 2.11. The molecule has 0 aromatic rings. The summed E-state index contributed by atoms with van der Waals surface area (Å²) in [6.07, 6.45) is -0.0943. The summed E-state index contributed by atoms with van der Waals surface area (Å²) in [5.74, 6) is 0.174. The minimum atomic E-state index is -0.986. The number of aliphatic carboxylic acids is 1. The minimum absolute atomic E-state index is 0.234. The van der Waals surface area contributed by atoms with Crippen molar-refractivity contribution >= 4 is 17.7 Å². The van der Waals surface area contributed by atoms with E-state index in [9.17, 15) is 4.79 Å². The molecular formula is C7H16N2O3S. The molecule has 0 aliphatic rings. The first-order valence-electron chi connectivity index (χ1n) is 4.02. The van der Waals surface area contributed by atoms with Crippen LogP contribution < -0.4 is 11.5 Å². The molecule has 0 aromatic heterocycles. The molecule has 0 rings (SSSR count). The lowest BCUT2D eigenvalue weighted by Gasteiger charge is -2.08. The topological polar surface area (TPSA) is 110 Å². The standard InChI is InChI=1S/C7H16N2O3S/c8-3-5(10)4-13-2-1-6(9)7(11)12/h5-6,10H,1-4,8-9H2,(H,11,12)/t5?,6-/m0/s1. The van der Waals surface area contributed by atoms with Crippen LogP contribution in [0.25, 0.3) is 0 Å². The molecule has 5 nitrogen and oxygen atoms in total. The molecule has 0 bridgehead atoms. The second-order valence-corrected chi connectivity index (χ2v) is 3.85. The van der Waals surface area contributed by atoms with Gasteiger partial charge in [-0.25, -0.2) is 0 Å². The first kappa shape index (κ1) is 12.7. The Morgan fingerprint density at radius 2 is 2.15 bits per heavy atom. The van der Waals surface area contributed by atoms with Crippen LogP contribution in [0.3, 0.4) is 0 Å². The Labute approximate surface area is 81.5 Å². The molecule has 0 saturated heterocycles. The van der Waals surface area contributed by atoms with Crippen molar-refractivity contribution in [2.75, 3.05) is 18.1 Å². The van der Waals surface area contributed by atoms with Gasteiger partial charge in [0.2, 0.25) is 0 Å². The predicted molar refractivity (Wildman–Crippen MR) is 52.6 cm³/mol. The Kier molecular flexibility index (Phi) is 6.97. The van der Waals surface area contributed by atoms with E-state index in [4.69, 9.17) is 21.7 Å². The fourth-order valence-electron chi connectivity index (χ4n) is 0.621. The second-order valence-electron chi connectivity index (χ2n) is 2.70. The summed E-state index contributed by atoms with van der Waals surface area (Å²) in [4.78, 5) is 10.3. The number of carbonyl (C=O) groups is 1. The van der Waals surface area contributed by atoms with Crippen molar-refractivity contribution in [3.63, 3.8) is 0 Å². The molecule has 0 aromatic carbocycles. The monoisotopic (exact) mass is 208 g/mol. The maximum Gasteiger partial charge on any atom is 0.320 e. The SMILES string of the molecule is NCC(O)CSCC[C@H](N)C(=O)O. The van der Waals surface area contributed by atoms with Crippen LogP contribution >= 0.6 is 11.8 Å². The third kappa shape index (κ3) is 6.83. The van der Waals surface area contributed by atoms with Crippen molar-refractivity contribution in [3.8, 4) is 0 Å². The van der Waals surface area contributed by atoms with Gasteiger partial charge in [-0.1, -0.05) is 0 Å². The van der Waals surface area contributed by atoms with Crippen LogP contribution in [0, 0.1) is 0 Å². The fraction of sp³-hybridized carbons (Fsp3) is 0.857. The maximum atomic E-state index is 10.3. The average molecular weight is 208 g/mol. The number of aliphatic hydroxyl groups is 1. The third-order valence-corrected chi connectivity index (χ3v) is 2.62. The van der Waals surface area contributed by atoms with Crippen LogP contribution in [0.1, 0.15) is 6.42 Å². The van der Waals surface area contributed by atoms with Crippen LogP contribution in [0.15, 0.2) is 0 Å². The first-order valence-corrected chi connectivity index (χ1v) is 5.17. The summed E-state index contributed by atoms with van der Waals surface area (Å²) in [6.45, 7) is 0.234. The van der Waals surface area contributed by atoms with Gasteiger partial charge in [0.25, 0.3) is 0 Å². The van der Waals surface area contributed by atoms with Gasteiger partial charge in [0.15, 0.2) is 0 Å². The van der Waals surface area contributed by atoms with Crippen molar-refractivity contribution in [1.82, 2.24) is 0 Å². The number of nitrogens with two attached hydrogens (primary N) is 2. The lowest BCUT2D eigenvalue weighted by atomic mass is 10.2. The zero-order valence-corrected chi connectivity index (χ0v) is 8.17. The van der Waals surface area contributed by atoms with Gasteiger partial charge in [-0.3, -0.25) is 4.79 Å². The minimum Gasteiger partial charge on any atom is -0.480 e. The molecular weight excluding hydrogens is 192 g/mol. The van der Waals surface area contributed by atoms with E-state index in [1.165, 1.54) is 11.8 Å². The fourth-order valence-corrected chi connectivity index (χ4v) is 1.62. The summed E-state index contributed by atoms with van der Waals surface area (Å²) < 4.78 is 0. The number of rotatable bonds is 7. The normalized spacial score (nSPS) is 15.3. The van der Waals surface area contributed by atoms with Gasteiger partial charge in [-0.05, 0) is 12.2 Å². The summed E-state index contributed by atoms with van der Waals surface area (Å²) in [6, 6.07) is -0.803. The van der Waals surface area contributed by atoms with Gasteiger partial charge in [0.05, 0.1) is 6.10 Å². The molecule has 0 aliphatic heterocycles. The molecule has 0 fully saturated rings. The molecule has 0 heterocycles. The molecule has 0 saturated carbocycles. The number of aliphatic hydroxyl groups excluding tert-OH is 1. The molecule has 78 valence electrons. The van der Waals surface area contributed by atoms with E-state index in [0.29, 0.717) is 17.9 Å². The summed E-state index contributed by atoms with van der Waals surface area (Å²) >= 11 is 1.46. The summed E-state index contributed by atoms with van der Waals surface area (Å²) in [7, 11) is 0. The Morgan fingerprint density at radius 3 is 2.62 bits per heavy atom. The number of hydrogen-bond donors (Lipinski definition) is 4. The zero-order chi connectivity index (χ0) is 10.3. The van der Waals surface area contributed by atoms with Crippen LogP contribution in [0.5, 0.6) is 0 Å². The molecule has 0 radical (unpaired) electrons. The van der Waals surface area contributed by atoms with Crippen LogP contribution in [-0.4, -0.2) is 46.4 Å². The van der Waals surface area contributed by atoms with Crippen LogP contribution in [0.2, 0.25) is 0 Å². The molecule has 0 amide bonds. The van der Waals surface area contributed by atoms with E-state index >= 15 is 0 Å². The molecule has 1 unspecified atom stereocenters.